The first-order chi connectivity index (χ1) is 9.60. The lowest BCUT2D eigenvalue weighted by atomic mass is 10.2. The Morgan fingerprint density at radius 1 is 1.20 bits per heavy atom. The van der Waals surface area contributed by atoms with Gasteiger partial charge >= 0.3 is 0 Å². The molecule has 0 aromatic heterocycles. The van der Waals surface area contributed by atoms with Crippen LogP contribution in [0.5, 0.6) is 5.75 Å². The number of rotatable bonds is 4. The monoisotopic (exact) mass is 310 g/mol. The average molecular weight is 311 g/mol. The summed E-state index contributed by atoms with van der Waals surface area (Å²) in [5.41, 5.74) is 6.89. The number of oxime groups is 1. The van der Waals surface area contributed by atoms with Gasteiger partial charge in [0, 0.05) is 10.6 Å². The summed E-state index contributed by atoms with van der Waals surface area (Å²) in [6.45, 7) is 0.375. The second-order valence-corrected chi connectivity index (χ2v) is 4.89. The van der Waals surface area contributed by atoms with Crippen LogP contribution in [-0.4, -0.2) is 11.0 Å². The third-order valence-corrected chi connectivity index (χ3v) is 3.17. The van der Waals surface area contributed by atoms with E-state index in [1.807, 2.05) is 18.2 Å². The first-order valence-electron chi connectivity index (χ1n) is 5.75. The summed E-state index contributed by atoms with van der Waals surface area (Å²) >= 11 is 11.9. The van der Waals surface area contributed by atoms with Crippen LogP contribution in [0.15, 0.2) is 47.6 Å². The Balaban J connectivity index is 2.09. The highest BCUT2D eigenvalue weighted by Gasteiger charge is 2.07. The van der Waals surface area contributed by atoms with E-state index >= 15 is 0 Å². The Labute approximate surface area is 126 Å². The van der Waals surface area contributed by atoms with Gasteiger partial charge in [0.1, 0.15) is 12.4 Å². The fourth-order valence-corrected chi connectivity index (χ4v) is 2.12. The molecule has 0 bridgehead atoms. The molecule has 0 heterocycles. The molecule has 0 atom stereocenters. The van der Waals surface area contributed by atoms with Crippen LogP contribution >= 0.6 is 23.2 Å². The molecule has 0 aliphatic rings. The molecule has 2 aromatic carbocycles. The summed E-state index contributed by atoms with van der Waals surface area (Å²) in [5, 5.41) is 12.5. The summed E-state index contributed by atoms with van der Waals surface area (Å²) in [5.74, 6) is 0.542. The van der Waals surface area contributed by atoms with Crippen LogP contribution in [0.3, 0.4) is 0 Å². The van der Waals surface area contributed by atoms with Crippen molar-refractivity contribution in [2.75, 3.05) is 0 Å². The topological polar surface area (TPSA) is 67.8 Å². The molecular weight excluding hydrogens is 299 g/mol. The zero-order valence-corrected chi connectivity index (χ0v) is 11.9. The van der Waals surface area contributed by atoms with Gasteiger partial charge in [-0.1, -0.05) is 40.5 Å². The van der Waals surface area contributed by atoms with Crippen molar-refractivity contribution in [2.45, 2.75) is 6.61 Å². The minimum atomic E-state index is -0.0450. The molecule has 104 valence electrons. The first-order valence-corrected chi connectivity index (χ1v) is 6.50. The Morgan fingerprint density at radius 2 is 2.00 bits per heavy atom. The number of hydrogen-bond donors (Lipinski definition) is 2. The fraction of sp³-hybridized carbons (Fsp3) is 0.0714. The van der Waals surface area contributed by atoms with Gasteiger partial charge in [0.15, 0.2) is 5.84 Å². The minimum absolute atomic E-state index is 0.0450. The molecule has 4 nitrogen and oxygen atoms in total. The van der Waals surface area contributed by atoms with Crippen LogP contribution in [0.4, 0.5) is 0 Å². The van der Waals surface area contributed by atoms with E-state index in [1.54, 1.807) is 24.3 Å². The maximum Gasteiger partial charge on any atom is 0.171 e. The molecule has 20 heavy (non-hydrogen) atoms. The number of benzene rings is 2. The largest absolute Gasteiger partial charge is 0.489 e. The highest BCUT2D eigenvalue weighted by molar-refractivity contribution is 6.34. The second kappa shape index (κ2) is 6.50. The minimum Gasteiger partial charge on any atom is -0.489 e. The Hall–Kier alpha value is -1.91. The first kappa shape index (κ1) is 14.5. The van der Waals surface area contributed by atoms with Crippen molar-refractivity contribution in [3.8, 4) is 5.75 Å². The van der Waals surface area contributed by atoms with Gasteiger partial charge in [0.25, 0.3) is 0 Å². The van der Waals surface area contributed by atoms with Crippen LogP contribution in [-0.2, 0) is 6.61 Å². The van der Waals surface area contributed by atoms with Crippen molar-refractivity contribution in [1.82, 2.24) is 0 Å². The van der Waals surface area contributed by atoms with Gasteiger partial charge in [-0.3, -0.25) is 0 Å². The van der Waals surface area contributed by atoms with Gasteiger partial charge in [-0.15, -0.1) is 0 Å². The summed E-state index contributed by atoms with van der Waals surface area (Å²) in [6.07, 6.45) is 0. The SMILES string of the molecule is NC(=NO)c1ccc(OCc2cccc(Cl)c2)cc1Cl. The molecule has 0 saturated carbocycles. The lowest BCUT2D eigenvalue weighted by Crippen LogP contribution is -2.13. The lowest BCUT2D eigenvalue weighted by Gasteiger charge is -2.09. The summed E-state index contributed by atoms with van der Waals surface area (Å²) in [6, 6.07) is 12.3. The predicted molar refractivity (Wildman–Crippen MR) is 79.7 cm³/mol. The van der Waals surface area contributed by atoms with E-state index in [1.165, 1.54) is 0 Å². The normalized spacial score (nSPS) is 11.4. The number of ether oxygens (including phenoxy) is 1. The molecule has 3 N–H and O–H groups in total. The van der Waals surface area contributed by atoms with Gasteiger partial charge in [0.2, 0.25) is 0 Å². The fourth-order valence-electron chi connectivity index (χ4n) is 1.64. The summed E-state index contributed by atoms with van der Waals surface area (Å²) in [4.78, 5) is 0. The number of nitrogens with two attached hydrogens (primary N) is 1. The Morgan fingerprint density at radius 3 is 2.65 bits per heavy atom. The van der Waals surface area contributed by atoms with E-state index in [0.717, 1.165) is 5.56 Å². The highest BCUT2D eigenvalue weighted by Crippen LogP contribution is 2.23. The van der Waals surface area contributed by atoms with Crippen LogP contribution in [0, 0.1) is 0 Å². The van der Waals surface area contributed by atoms with Crippen LogP contribution in [0.25, 0.3) is 0 Å². The van der Waals surface area contributed by atoms with E-state index in [9.17, 15) is 0 Å². The molecule has 6 heteroatoms. The second-order valence-electron chi connectivity index (χ2n) is 4.05. The predicted octanol–water partition coefficient (Wildman–Crippen LogP) is 3.67. The molecule has 0 spiro atoms. The molecule has 2 aromatic rings. The summed E-state index contributed by atoms with van der Waals surface area (Å²) < 4.78 is 5.61. The molecule has 0 unspecified atom stereocenters. The smallest absolute Gasteiger partial charge is 0.171 e. The third-order valence-electron chi connectivity index (χ3n) is 2.62. The Bertz CT molecular complexity index is 645. The highest BCUT2D eigenvalue weighted by atomic mass is 35.5. The molecule has 0 fully saturated rings. The van der Waals surface area contributed by atoms with Crippen molar-refractivity contribution < 1.29 is 9.94 Å². The quantitative estimate of drug-likeness (QED) is 0.392. The number of amidine groups is 1. The molecule has 0 radical (unpaired) electrons. The number of halogens is 2. The zero-order valence-electron chi connectivity index (χ0n) is 10.4. The van der Waals surface area contributed by atoms with Gasteiger partial charge < -0.3 is 15.7 Å². The molecule has 2 rings (SSSR count). The number of hydrogen-bond acceptors (Lipinski definition) is 3. The molecule has 0 aliphatic heterocycles. The molecule has 0 amide bonds. The van der Waals surface area contributed by atoms with Crippen molar-refractivity contribution in [1.29, 1.82) is 0 Å². The lowest BCUT2D eigenvalue weighted by molar-refractivity contribution is 0.306. The van der Waals surface area contributed by atoms with Crippen LogP contribution in [0.2, 0.25) is 10.0 Å². The van der Waals surface area contributed by atoms with Gasteiger partial charge in [-0.2, -0.15) is 0 Å². The summed E-state index contributed by atoms with van der Waals surface area (Å²) in [7, 11) is 0. The van der Waals surface area contributed by atoms with Crippen molar-refractivity contribution >= 4 is 29.0 Å². The molecular formula is C14H12Cl2N2O2. The zero-order chi connectivity index (χ0) is 14.5. The van der Waals surface area contributed by atoms with Gasteiger partial charge in [-0.25, -0.2) is 0 Å². The molecule has 0 aliphatic carbocycles. The van der Waals surface area contributed by atoms with Crippen LogP contribution < -0.4 is 10.5 Å². The third kappa shape index (κ3) is 3.56. The maximum absolute atomic E-state index is 8.62. The van der Waals surface area contributed by atoms with Crippen LogP contribution in [0.1, 0.15) is 11.1 Å². The van der Waals surface area contributed by atoms with E-state index in [-0.39, 0.29) is 5.84 Å². The Kier molecular flexibility index (Phi) is 4.71. The van der Waals surface area contributed by atoms with Gasteiger partial charge in [0.05, 0.1) is 5.02 Å². The van der Waals surface area contributed by atoms with Crippen molar-refractivity contribution in [3.05, 3.63) is 63.6 Å². The van der Waals surface area contributed by atoms with Crippen molar-refractivity contribution in [2.24, 2.45) is 10.9 Å². The standard InChI is InChI=1S/C14H12Cl2N2O2/c15-10-3-1-2-9(6-10)8-20-11-4-5-12(13(16)7-11)14(17)18-19/h1-7,19H,8H2,(H2,17,18). The maximum atomic E-state index is 8.62. The van der Waals surface area contributed by atoms with E-state index in [4.69, 9.17) is 38.9 Å². The average Bonchev–Trinajstić information content (AvgIpc) is 2.44. The molecule has 0 saturated heterocycles. The van der Waals surface area contributed by atoms with Crippen molar-refractivity contribution in [3.63, 3.8) is 0 Å². The van der Waals surface area contributed by atoms with E-state index < -0.39 is 0 Å². The van der Waals surface area contributed by atoms with E-state index in [0.29, 0.717) is 28.0 Å². The van der Waals surface area contributed by atoms with Gasteiger partial charge in [-0.05, 0) is 35.9 Å². The number of nitrogens with zero attached hydrogens (tertiary/aromatic N) is 1. The van der Waals surface area contributed by atoms with E-state index in [2.05, 4.69) is 5.16 Å².